The zero-order valence-corrected chi connectivity index (χ0v) is 22.3. The first-order valence-corrected chi connectivity index (χ1v) is 14.2. The van der Waals surface area contributed by atoms with Gasteiger partial charge in [-0.3, -0.25) is 14.6 Å². The lowest BCUT2D eigenvalue weighted by Crippen LogP contribution is -2.28. The van der Waals surface area contributed by atoms with E-state index in [-0.39, 0.29) is 40.9 Å². The van der Waals surface area contributed by atoms with Crippen LogP contribution in [-0.4, -0.2) is 38.3 Å². The molecule has 1 aliphatic rings. The van der Waals surface area contributed by atoms with Crippen molar-refractivity contribution in [3.63, 3.8) is 0 Å². The Balaban J connectivity index is 1.30. The van der Waals surface area contributed by atoms with E-state index >= 15 is 0 Å². The Hall–Kier alpha value is -4.11. The van der Waals surface area contributed by atoms with Gasteiger partial charge >= 0.3 is 0 Å². The number of rotatable bonds is 10. The van der Waals surface area contributed by atoms with E-state index in [1.54, 1.807) is 54.7 Å². The molecule has 3 aromatic carbocycles. The van der Waals surface area contributed by atoms with Crippen molar-refractivity contribution in [1.29, 1.82) is 0 Å². The molecular weight excluding hydrogens is 521 g/mol. The van der Waals surface area contributed by atoms with Gasteiger partial charge in [0.05, 0.1) is 18.0 Å². The van der Waals surface area contributed by atoms with Crippen molar-refractivity contribution in [3.8, 4) is 17.2 Å². The number of Topliss-reactive ketones (excluding diaryl/α,β-unsaturated/α-hetero) is 2. The molecule has 0 saturated heterocycles. The summed E-state index contributed by atoms with van der Waals surface area (Å²) in [7, 11) is -2.16. The van der Waals surface area contributed by atoms with Gasteiger partial charge in [-0.1, -0.05) is 24.3 Å². The number of methoxy groups -OCH3 is 1. The van der Waals surface area contributed by atoms with Crippen LogP contribution in [0.3, 0.4) is 0 Å². The zero-order chi connectivity index (χ0) is 27.8. The Morgan fingerprint density at radius 2 is 1.49 bits per heavy atom. The van der Waals surface area contributed by atoms with Crippen molar-refractivity contribution in [2.24, 2.45) is 5.41 Å². The Labute approximate surface area is 225 Å². The fourth-order valence-electron chi connectivity index (χ4n) is 4.62. The fraction of sp³-hybridized carbons (Fsp3) is 0.233. The van der Waals surface area contributed by atoms with Gasteiger partial charge in [-0.25, -0.2) is 12.8 Å². The molecule has 1 heterocycles. The molecule has 1 saturated carbocycles. The number of hydrogen-bond acceptors (Lipinski definition) is 7. The molecule has 1 aliphatic carbocycles. The topological polar surface area (TPSA) is 99.6 Å². The molecule has 0 radical (unpaired) electrons. The predicted molar refractivity (Wildman–Crippen MR) is 143 cm³/mol. The first kappa shape index (κ1) is 26.5. The smallest absolute Gasteiger partial charge is 0.179 e. The number of benzene rings is 3. The van der Waals surface area contributed by atoms with Gasteiger partial charge < -0.3 is 9.47 Å². The zero-order valence-electron chi connectivity index (χ0n) is 21.4. The minimum atomic E-state index is -3.56. The van der Waals surface area contributed by atoms with Gasteiger partial charge in [0.25, 0.3) is 0 Å². The van der Waals surface area contributed by atoms with Crippen LogP contribution >= 0.6 is 0 Å². The third-order valence-corrected chi connectivity index (χ3v) is 8.12. The van der Waals surface area contributed by atoms with Crippen LogP contribution < -0.4 is 9.47 Å². The van der Waals surface area contributed by atoms with E-state index in [2.05, 4.69) is 4.98 Å². The van der Waals surface area contributed by atoms with Gasteiger partial charge in [0.1, 0.15) is 28.0 Å². The predicted octanol–water partition coefficient (Wildman–Crippen LogP) is 5.28. The average molecular weight is 548 g/mol. The molecule has 0 N–H and O–H groups in total. The number of halogens is 1. The molecule has 1 aromatic heterocycles. The minimum Gasteiger partial charge on any atom is -0.495 e. The highest BCUT2D eigenvalue weighted by Crippen LogP contribution is 2.49. The lowest BCUT2D eigenvalue weighted by atomic mass is 9.88. The maximum Gasteiger partial charge on any atom is 0.179 e. The third-order valence-electron chi connectivity index (χ3n) is 7.00. The molecular formula is C30H26FNO6S. The maximum atomic E-state index is 13.2. The number of aromatic nitrogens is 1. The van der Waals surface area contributed by atoms with Gasteiger partial charge in [-0.15, -0.1) is 0 Å². The summed E-state index contributed by atoms with van der Waals surface area (Å²) in [4.78, 5) is 30.3. The van der Waals surface area contributed by atoms with Gasteiger partial charge in [-0.05, 0) is 60.4 Å². The summed E-state index contributed by atoms with van der Waals surface area (Å²) in [6.45, 7) is 0. The molecule has 9 heteroatoms. The van der Waals surface area contributed by atoms with Crippen molar-refractivity contribution in [2.75, 3.05) is 13.4 Å². The molecule has 1 fully saturated rings. The van der Waals surface area contributed by atoms with Crippen molar-refractivity contribution in [2.45, 2.75) is 30.6 Å². The first-order valence-electron chi connectivity index (χ1n) is 12.3. The fourth-order valence-corrected chi connectivity index (χ4v) is 5.46. The molecule has 39 heavy (non-hydrogen) atoms. The molecule has 0 unspecified atom stereocenters. The SMILES string of the molecule is COc1cc2nccc(Oc3ccc(CC(=O)C4(C(=O)Cc5ccc(F)cc5)CC4)cc3)c2cc1S(C)(=O)=O. The lowest BCUT2D eigenvalue weighted by molar-refractivity contribution is -0.133. The number of ether oxygens (including phenoxy) is 2. The summed E-state index contributed by atoms with van der Waals surface area (Å²) in [5, 5.41) is 0.508. The summed E-state index contributed by atoms with van der Waals surface area (Å²) in [6.07, 6.45) is 3.94. The highest BCUT2D eigenvalue weighted by molar-refractivity contribution is 7.90. The second-order valence-corrected chi connectivity index (χ2v) is 11.7. The molecule has 0 atom stereocenters. The standard InChI is InChI=1S/C30H26FNO6S/c1-37-26-18-24-23(17-27(26)39(2,35)36)25(11-14-32-24)38-22-9-5-20(6-10-22)16-29(34)30(12-13-30)28(33)15-19-3-7-21(31)8-4-19/h3-11,14,17-18H,12-13,15-16H2,1-2H3. The summed E-state index contributed by atoms with van der Waals surface area (Å²) < 4.78 is 49.0. The molecule has 0 spiro atoms. The largest absolute Gasteiger partial charge is 0.495 e. The van der Waals surface area contributed by atoms with E-state index in [9.17, 15) is 22.4 Å². The molecule has 5 rings (SSSR count). The highest BCUT2D eigenvalue weighted by Gasteiger charge is 2.54. The quantitative estimate of drug-likeness (QED) is 0.249. The number of fused-ring (bicyclic) bond motifs is 1. The van der Waals surface area contributed by atoms with Crippen molar-refractivity contribution in [1.82, 2.24) is 4.98 Å². The van der Waals surface area contributed by atoms with Crippen LogP contribution in [0.4, 0.5) is 4.39 Å². The maximum absolute atomic E-state index is 13.2. The van der Waals surface area contributed by atoms with Crippen molar-refractivity contribution in [3.05, 3.63) is 89.9 Å². The average Bonchev–Trinajstić information content (AvgIpc) is 3.72. The van der Waals surface area contributed by atoms with Crippen molar-refractivity contribution >= 4 is 32.3 Å². The van der Waals surface area contributed by atoms with Crippen LogP contribution in [-0.2, 0) is 32.3 Å². The van der Waals surface area contributed by atoms with E-state index in [0.29, 0.717) is 40.8 Å². The Morgan fingerprint density at radius 3 is 2.03 bits per heavy atom. The highest BCUT2D eigenvalue weighted by atomic mass is 32.2. The number of pyridine rings is 1. The molecule has 200 valence electrons. The van der Waals surface area contributed by atoms with Crippen LogP contribution in [0.25, 0.3) is 10.9 Å². The van der Waals surface area contributed by atoms with E-state index in [1.165, 1.54) is 25.3 Å². The molecule has 4 aromatic rings. The summed E-state index contributed by atoms with van der Waals surface area (Å²) >= 11 is 0. The second-order valence-electron chi connectivity index (χ2n) is 9.76. The number of hydrogen-bond donors (Lipinski definition) is 0. The molecule has 0 amide bonds. The monoisotopic (exact) mass is 547 g/mol. The van der Waals surface area contributed by atoms with Crippen LogP contribution in [0.5, 0.6) is 17.2 Å². The van der Waals surface area contributed by atoms with Crippen LogP contribution in [0, 0.1) is 11.2 Å². The van der Waals surface area contributed by atoms with E-state index in [1.807, 2.05) is 0 Å². The molecule has 0 bridgehead atoms. The first-order chi connectivity index (χ1) is 18.6. The number of ketones is 2. The van der Waals surface area contributed by atoms with E-state index in [0.717, 1.165) is 11.8 Å². The van der Waals surface area contributed by atoms with Gasteiger partial charge in [0, 0.05) is 36.7 Å². The minimum absolute atomic E-state index is 0.0344. The summed E-state index contributed by atoms with van der Waals surface area (Å²) in [6, 6.07) is 17.4. The van der Waals surface area contributed by atoms with Gasteiger partial charge in [0.2, 0.25) is 0 Å². The Kier molecular flexibility index (Phi) is 6.94. The number of carbonyl (C=O) groups excluding carboxylic acids is 2. The Morgan fingerprint density at radius 1 is 0.897 bits per heavy atom. The molecule has 7 nitrogen and oxygen atoms in total. The summed E-state index contributed by atoms with van der Waals surface area (Å²) in [5.74, 6) is 0.489. The van der Waals surface area contributed by atoms with Crippen LogP contribution in [0.2, 0.25) is 0 Å². The molecule has 0 aliphatic heterocycles. The van der Waals surface area contributed by atoms with Gasteiger partial charge in [-0.2, -0.15) is 0 Å². The normalized spacial score (nSPS) is 14.1. The Bertz CT molecular complexity index is 1680. The number of nitrogens with zero attached hydrogens (tertiary/aromatic N) is 1. The van der Waals surface area contributed by atoms with Gasteiger partial charge in [0.15, 0.2) is 21.4 Å². The third kappa shape index (κ3) is 5.54. The van der Waals surface area contributed by atoms with Crippen LogP contribution in [0.1, 0.15) is 24.0 Å². The van der Waals surface area contributed by atoms with Crippen LogP contribution in [0.15, 0.2) is 77.8 Å². The van der Waals surface area contributed by atoms with Crippen molar-refractivity contribution < 1.29 is 31.9 Å². The van der Waals surface area contributed by atoms with E-state index < -0.39 is 15.3 Å². The number of sulfone groups is 1. The lowest BCUT2D eigenvalue weighted by Gasteiger charge is -2.14. The second kappa shape index (κ2) is 10.2. The number of carbonyl (C=O) groups is 2. The summed E-state index contributed by atoms with van der Waals surface area (Å²) in [5.41, 5.74) is 0.987. The van der Waals surface area contributed by atoms with E-state index in [4.69, 9.17) is 9.47 Å².